The molecule has 2 aromatic carbocycles. The van der Waals surface area contributed by atoms with E-state index in [1.54, 1.807) is 14.2 Å². The van der Waals surface area contributed by atoms with Crippen LogP contribution in [0.5, 0.6) is 11.5 Å². The number of amides is 1. The molecule has 166 valence electrons. The van der Waals surface area contributed by atoms with Crippen LogP contribution in [0.3, 0.4) is 0 Å². The van der Waals surface area contributed by atoms with Crippen LogP contribution in [0.25, 0.3) is 11.1 Å². The molecule has 1 fully saturated rings. The molecular weight excluding hydrogens is 404 g/mol. The van der Waals surface area contributed by atoms with Crippen molar-refractivity contribution >= 4 is 11.9 Å². The topological polar surface area (TPSA) is 76.6 Å². The van der Waals surface area contributed by atoms with Gasteiger partial charge < -0.3 is 19.7 Å². The van der Waals surface area contributed by atoms with Crippen molar-refractivity contribution in [1.29, 1.82) is 0 Å². The zero-order chi connectivity index (χ0) is 22.3. The normalized spacial score (nSPS) is 15.8. The van der Waals surface area contributed by atoms with Gasteiger partial charge in [0.25, 0.3) is 0 Å². The van der Waals surface area contributed by atoms with Gasteiger partial charge in [0.15, 0.2) is 0 Å². The van der Waals surface area contributed by atoms with Gasteiger partial charge >= 0.3 is 0 Å². The fourth-order valence-corrected chi connectivity index (χ4v) is 3.98. The van der Waals surface area contributed by atoms with Crippen molar-refractivity contribution in [3.63, 3.8) is 0 Å². The Morgan fingerprint density at radius 2 is 1.84 bits per heavy atom. The molecule has 1 atom stereocenters. The summed E-state index contributed by atoms with van der Waals surface area (Å²) in [5.74, 6) is 2.04. The number of rotatable bonds is 7. The Balaban J connectivity index is 1.38. The van der Waals surface area contributed by atoms with Crippen LogP contribution in [0.15, 0.2) is 60.9 Å². The predicted octanol–water partition coefficient (Wildman–Crippen LogP) is 3.69. The van der Waals surface area contributed by atoms with Crippen LogP contribution in [-0.4, -0.2) is 43.2 Å². The molecular formula is C25H28N4O3. The SMILES string of the molecule is COc1ccc(OC)c(CNC(=O)[C@@H]2CCCN(c3ncc(-c4ccccc4)cn3)C2)c1. The summed E-state index contributed by atoms with van der Waals surface area (Å²) >= 11 is 0. The Kier molecular flexibility index (Phi) is 6.84. The summed E-state index contributed by atoms with van der Waals surface area (Å²) in [6.07, 6.45) is 5.46. The first-order chi connectivity index (χ1) is 15.7. The summed E-state index contributed by atoms with van der Waals surface area (Å²) in [6, 6.07) is 15.6. The average Bonchev–Trinajstić information content (AvgIpc) is 2.87. The third kappa shape index (κ3) is 4.99. The molecule has 1 aromatic heterocycles. The second-order valence-electron chi connectivity index (χ2n) is 7.82. The number of piperidine rings is 1. The number of benzene rings is 2. The number of hydrogen-bond acceptors (Lipinski definition) is 6. The smallest absolute Gasteiger partial charge is 0.225 e. The van der Waals surface area contributed by atoms with Crippen LogP contribution in [0.2, 0.25) is 0 Å². The number of nitrogens with one attached hydrogen (secondary N) is 1. The lowest BCUT2D eigenvalue weighted by Crippen LogP contribution is -2.43. The van der Waals surface area contributed by atoms with Crippen molar-refractivity contribution in [2.24, 2.45) is 5.92 Å². The largest absolute Gasteiger partial charge is 0.497 e. The molecule has 0 spiro atoms. The van der Waals surface area contributed by atoms with E-state index in [0.29, 0.717) is 19.0 Å². The second-order valence-corrected chi connectivity index (χ2v) is 7.82. The van der Waals surface area contributed by atoms with E-state index >= 15 is 0 Å². The highest BCUT2D eigenvalue weighted by Gasteiger charge is 2.27. The first-order valence-electron chi connectivity index (χ1n) is 10.8. The summed E-state index contributed by atoms with van der Waals surface area (Å²) in [5.41, 5.74) is 2.95. The molecule has 0 bridgehead atoms. The van der Waals surface area contributed by atoms with Crippen molar-refractivity contribution in [2.75, 3.05) is 32.2 Å². The lowest BCUT2D eigenvalue weighted by molar-refractivity contribution is -0.125. The molecule has 0 radical (unpaired) electrons. The van der Waals surface area contributed by atoms with Gasteiger partial charge in [0.1, 0.15) is 11.5 Å². The minimum absolute atomic E-state index is 0.0282. The molecule has 0 unspecified atom stereocenters. The number of ether oxygens (including phenoxy) is 2. The maximum Gasteiger partial charge on any atom is 0.225 e. The van der Waals surface area contributed by atoms with Gasteiger partial charge in [-0.05, 0) is 36.6 Å². The Labute approximate surface area is 188 Å². The molecule has 1 amide bonds. The molecule has 32 heavy (non-hydrogen) atoms. The zero-order valence-corrected chi connectivity index (χ0v) is 18.5. The van der Waals surface area contributed by atoms with Crippen molar-refractivity contribution in [3.8, 4) is 22.6 Å². The highest BCUT2D eigenvalue weighted by Crippen LogP contribution is 2.25. The van der Waals surface area contributed by atoms with Crippen LogP contribution < -0.4 is 19.7 Å². The number of carbonyl (C=O) groups is 1. The number of carbonyl (C=O) groups excluding carboxylic acids is 1. The van der Waals surface area contributed by atoms with E-state index in [1.807, 2.05) is 60.9 Å². The van der Waals surface area contributed by atoms with E-state index in [2.05, 4.69) is 20.2 Å². The minimum atomic E-state index is -0.113. The van der Waals surface area contributed by atoms with E-state index in [-0.39, 0.29) is 11.8 Å². The summed E-state index contributed by atoms with van der Waals surface area (Å²) in [7, 11) is 3.24. The van der Waals surface area contributed by atoms with Crippen LogP contribution in [0.4, 0.5) is 5.95 Å². The molecule has 1 saturated heterocycles. The molecule has 7 heteroatoms. The van der Waals surface area contributed by atoms with E-state index < -0.39 is 0 Å². The van der Waals surface area contributed by atoms with E-state index in [9.17, 15) is 4.79 Å². The summed E-state index contributed by atoms with van der Waals surface area (Å²) in [4.78, 5) is 24.1. The van der Waals surface area contributed by atoms with Gasteiger partial charge in [0, 0.05) is 43.2 Å². The Morgan fingerprint density at radius 1 is 1.06 bits per heavy atom. The molecule has 0 saturated carbocycles. The Morgan fingerprint density at radius 3 is 2.56 bits per heavy atom. The molecule has 1 aliphatic rings. The fourth-order valence-electron chi connectivity index (χ4n) is 3.98. The van der Waals surface area contributed by atoms with Crippen LogP contribution in [0.1, 0.15) is 18.4 Å². The number of nitrogens with zero attached hydrogens (tertiary/aromatic N) is 3. The van der Waals surface area contributed by atoms with Gasteiger partial charge in [-0.3, -0.25) is 4.79 Å². The van der Waals surface area contributed by atoms with Crippen molar-refractivity contribution in [1.82, 2.24) is 15.3 Å². The van der Waals surface area contributed by atoms with Gasteiger partial charge in [-0.1, -0.05) is 30.3 Å². The lowest BCUT2D eigenvalue weighted by Gasteiger charge is -2.32. The Hall–Kier alpha value is -3.61. The monoisotopic (exact) mass is 432 g/mol. The molecule has 1 aliphatic heterocycles. The van der Waals surface area contributed by atoms with Crippen molar-refractivity contribution in [2.45, 2.75) is 19.4 Å². The third-order valence-electron chi connectivity index (χ3n) is 5.76. The van der Waals surface area contributed by atoms with Crippen molar-refractivity contribution < 1.29 is 14.3 Å². The number of anilines is 1. The quantitative estimate of drug-likeness (QED) is 0.614. The average molecular weight is 433 g/mol. The van der Waals surface area contributed by atoms with E-state index in [4.69, 9.17) is 9.47 Å². The number of aromatic nitrogens is 2. The van der Waals surface area contributed by atoms with Gasteiger partial charge in [-0.25, -0.2) is 9.97 Å². The maximum absolute atomic E-state index is 12.9. The lowest BCUT2D eigenvalue weighted by atomic mass is 9.97. The molecule has 2 heterocycles. The summed E-state index contributed by atoms with van der Waals surface area (Å²) in [5, 5.41) is 3.06. The zero-order valence-electron chi connectivity index (χ0n) is 18.5. The van der Waals surface area contributed by atoms with E-state index in [0.717, 1.165) is 47.6 Å². The van der Waals surface area contributed by atoms with Gasteiger partial charge in [0.05, 0.1) is 20.1 Å². The first kappa shape index (κ1) is 21.6. The first-order valence-corrected chi connectivity index (χ1v) is 10.8. The highest BCUT2D eigenvalue weighted by atomic mass is 16.5. The predicted molar refractivity (Wildman–Crippen MR) is 124 cm³/mol. The third-order valence-corrected chi connectivity index (χ3v) is 5.76. The molecule has 1 N–H and O–H groups in total. The molecule has 7 nitrogen and oxygen atoms in total. The number of hydrogen-bond donors (Lipinski definition) is 1. The standard InChI is InChI=1S/C25H28N4O3/c1-31-22-10-11-23(32-2)20(13-22)14-26-24(30)19-9-6-12-29(17-19)25-27-15-21(16-28-25)18-7-4-3-5-8-18/h3-5,7-8,10-11,13,15-16,19H,6,9,12,14,17H2,1-2H3,(H,26,30)/t19-/m1/s1. The highest BCUT2D eigenvalue weighted by molar-refractivity contribution is 5.79. The van der Waals surface area contributed by atoms with Crippen LogP contribution >= 0.6 is 0 Å². The van der Waals surface area contributed by atoms with Gasteiger partial charge in [-0.2, -0.15) is 0 Å². The van der Waals surface area contributed by atoms with Crippen LogP contribution in [0, 0.1) is 5.92 Å². The van der Waals surface area contributed by atoms with Gasteiger partial charge in [-0.15, -0.1) is 0 Å². The summed E-state index contributed by atoms with van der Waals surface area (Å²) < 4.78 is 10.7. The number of methoxy groups -OCH3 is 2. The van der Waals surface area contributed by atoms with E-state index in [1.165, 1.54) is 0 Å². The maximum atomic E-state index is 12.9. The molecule has 4 rings (SSSR count). The fraction of sp³-hybridized carbons (Fsp3) is 0.320. The van der Waals surface area contributed by atoms with Gasteiger partial charge in [0.2, 0.25) is 11.9 Å². The van der Waals surface area contributed by atoms with Crippen molar-refractivity contribution in [3.05, 3.63) is 66.5 Å². The summed E-state index contributed by atoms with van der Waals surface area (Å²) in [6.45, 7) is 1.84. The van der Waals surface area contributed by atoms with Crippen LogP contribution in [-0.2, 0) is 11.3 Å². The Bertz CT molecular complexity index is 1040. The molecule has 3 aromatic rings. The molecule has 0 aliphatic carbocycles. The second kappa shape index (κ2) is 10.1. The minimum Gasteiger partial charge on any atom is -0.497 e.